The first kappa shape index (κ1) is 28.0. The Balaban J connectivity index is 1.34. The van der Waals surface area contributed by atoms with Gasteiger partial charge in [-0.1, -0.05) is 140 Å². The number of benzene rings is 8. The Bertz CT molecular complexity index is 3130. The summed E-state index contributed by atoms with van der Waals surface area (Å²) in [6.07, 6.45) is 0. The summed E-state index contributed by atoms with van der Waals surface area (Å²) in [5, 5.41) is 7.21. The van der Waals surface area contributed by atoms with Gasteiger partial charge >= 0.3 is 0 Å². The van der Waals surface area contributed by atoms with Crippen LogP contribution in [-0.2, 0) is 0 Å². The molecule has 0 aliphatic carbocycles. The molecular formula is C48H30N2O. The number of furan rings is 1. The molecule has 0 bridgehead atoms. The van der Waals surface area contributed by atoms with Gasteiger partial charge in [-0.2, -0.15) is 0 Å². The Labute approximate surface area is 293 Å². The molecule has 0 saturated carbocycles. The first-order valence-corrected chi connectivity index (χ1v) is 17.5. The Hall–Kier alpha value is -6.84. The van der Waals surface area contributed by atoms with Gasteiger partial charge in [0.1, 0.15) is 11.2 Å². The van der Waals surface area contributed by atoms with Crippen LogP contribution in [0.2, 0.25) is 0 Å². The second-order valence-corrected chi connectivity index (χ2v) is 13.2. The molecule has 0 saturated heterocycles. The highest BCUT2D eigenvalue weighted by Gasteiger charge is 2.25. The predicted octanol–water partition coefficient (Wildman–Crippen LogP) is 13.1. The highest BCUT2D eigenvalue weighted by Crippen LogP contribution is 2.47. The zero-order valence-electron chi connectivity index (χ0n) is 27.6. The Morgan fingerprint density at radius 1 is 0.333 bits per heavy atom. The van der Waals surface area contributed by atoms with Gasteiger partial charge in [0, 0.05) is 49.1 Å². The van der Waals surface area contributed by atoms with Crippen molar-refractivity contribution in [2.45, 2.75) is 0 Å². The summed E-state index contributed by atoms with van der Waals surface area (Å²) in [6.45, 7) is 0. The maximum atomic E-state index is 6.42. The van der Waals surface area contributed by atoms with Gasteiger partial charge in [-0.3, -0.25) is 0 Å². The fourth-order valence-electron chi connectivity index (χ4n) is 8.45. The molecule has 0 amide bonds. The van der Waals surface area contributed by atoms with Crippen molar-refractivity contribution >= 4 is 65.6 Å². The van der Waals surface area contributed by atoms with Crippen molar-refractivity contribution in [3.63, 3.8) is 0 Å². The molecule has 0 radical (unpaired) electrons. The van der Waals surface area contributed by atoms with Gasteiger partial charge in [-0.25, -0.2) is 0 Å². The third-order valence-electron chi connectivity index (χ3n) is 10.5. The van der Waals surface area contributed by atoms with Gasteiger partial charge in [0.2, 0.25) is 0 Å². The van der Waals surface area contributed by atoms with Crippen LogP contribution >= 0.6 is 0 Å². The molecular weight excluding hydrogens is 621 g/mol. The molecule has 3 nitrogen and oxygen atoms in total. The minimum Gasteiger partial charge on any atom is -0.456 e. The van der Waals surface area contributed by atoms with Gasteiger partial charge in [0.15, 0.2) is 0 Å². The van der Waals surface area contributed by atoms with Gasteiger partial charge < -0.3 is 13.6 Å². The van der Waals surface area contributed by atoms with E-state index in [1.165, 1.54) is 49.2 Å². The maximum Gasteiger partial charge on any atom is 0.136 e. The van der Waals surface area contributed by atoms with Crippen molar-refractivity contribution in [2.75, 3.05) is 0 Å². The van der Waals surface area contributed by atoms with Crippen molar-refractivity contribution in [2.24, 2.45) is 0 Å². The average Bonchev–Trinajstić information content (AvgIpc) is 3.86. The SMILES string of the molecule is c1ccc(-c2cccc(-c3cccc4oc5ccccc5c34)c2-n2c3ccccc3c3c2ccc2c4ccccc4n(-c4ccccc4)c23)cc1. The number of nitrogens with zero attached hydrogens (tertiary/aromatic N) is 2. The smallest absolute Gasteiger partial charge is 0.136 e. The van der Waals surface area contributed by atoms with E-state index in [1.54, 1.807) is 0 Å². The first-order valence-electron chi connectivity index (χ1n) is 17.5. The van der Waals surface area contributed by atoms with Gasteiger partial charge in [-0.05, 0) is 53.6 Å². The highest BCUT2D eigenvalue weighted by molar-refractivity contribution is 6.26. The van der Waals surface area contributed by atoms with E-state index < -0.39 is 0 Å². The minimum atomic E-state index is 0.890. The number of hydrogen-bond donors (Lipinski definition) is 0. The van der Waals surface area contributed by atoms with E-state index in [2.05, 4.69) is 185 Å². The molecule has 11 rings (SSSR count). The Kier molecular flexibility index (Phi) is 5.96. The number of rotatable bonds is 4. The fraction of sp³-hybridized carbons (Fsp3) is 0. The molecule has 0 aliphatic rings. The Morgan fingerprint density at radius 3 is 1.76 bits per heavy atom. The molecule has 8 aromatic carbocycles. The van der Waals surface area contributed by atoms with Gasteiger partial charge in [-0.15, -0.1) is 0 Å². The molecule has 0 aliphatic heterocycles. The van der Waals surface area contributed by atoms with Crippen molar-refractivity contribution < 1.29 is 4.42 Å². The largest absolute Gasteiger partial charge is 0.456 e. The predicted molar refractivity (Wildman–Crippen MR) is 213 cm³/mol. The van der Waals surface area contributed by atoms with Crippen LogP contribution in [-0.4, -0.2) is 9.13 Å². The lowest BCUT2D eigenvalue weighted by atomic mass is 9.93. The van der Waals surface area contributed by atoms with E-state index in [9.17, 15) is 0 Å². The van der Waals surface area contributed by atoms with Crippen molar-refractivity contribution in [1.29, 1.82) is 0 Å². The molecule has 3 aromatic heterocycles. The third-order valence-corrected chi connectivity index (χ3v) is 10.5. The quantitative estimate of drug-likeness (QED) is 0.186. The van der Waals surface area contributed by atoms with Crippen LogP contribution in [0.1, 0.15) is 0 Å². The maximum absolute atomic E-state index is 6.42. The van der Waals surface area contributed by atoms with E-state index in [4.69, 9.17) is 4.42 Å². The first-order chi connectivity index (χ1) is 25.3. The molecule has 11 aromatic rings. The molecule has 51 heavy (non-hydrogen) atoms. The lowest BCUT2D eigenvalue weighted by molar-refractivity contribution is 0.669. The molecule has 0 fully saturated rings. The van der Waals surface area contributed by atoms with Crippen molar-refractivity contribution in [3.8, 4) is 33.6 Å². The van der Waals surface area contributed by atoms with E-state index in [-0.39, 0.29) is 0 Å². The van der Waals surface area contributed by atoms with Crippen LogP contribution in [0.5, 0.6) is 0 Å². The summed E-state index contributed by atoms with van der Waals surface area (Å²) >= 11 is 0. The van der Waals surface area contributed by atoms with Crippen molar-refractivity contribution in [1.82, 2.24) is 9.13 Å². The number of aromatic nitrogens is 2. The van der Waals surface area contributed by atoms with Crippen LogP contribution in [0.25, 0.3) is 99.2 Å². The van der Waals surface area contributed by atoms with E-state index in [0.717, 1.165) is 50.0 Å². The summed E-state index contributed by atoms with van der Waals surface area (Å²) in [7, 11) is 0. The van der Waals surface area contributed by atoms with E-state index >= 15 is 0 Å². The zero-order chi connectivity index (χ0) is 33.5. The normalized spacial score (nSPS) is 11.9. The van der Waals surface area contributed by atoms with Crippen LogP contribution in [0.4, 0.5) is 0 Å². The summed E-state index contributed by atoms with van der Waals surface area (Å²) < 4.78 is 11.4. The lowest BCUT2D eigenvalue weighted by Crippen LogP contribution is -2.01. The molecule has 238 valence electrons. The Morgan fingerprint density at radius 2 is 0.941 bits per heavy atom. The summed E-state index contributed by atoms with van der Waals surface area (Å²) in [5.41, 5.74) is 13.5. The zero-order valence-corrected chi connectivity index (χ0v) is 27.6. The van der Waals surface area contributed by atoms with Crippen LogP contribution in [0.3, 0.4) is 0 Å². The van der Waals surface area contributed by atoms with E-state index in [1.807, 2.05) is 6.07 Å². The second-order valence-electron chi connectivity index (χ2n) is 13.2. The molecule has 0 N–H and O–H groups in total. The summed E-state index contributed by atoms with van der Waals surface area (Å²) in [6, 6.07) is 65.4. The molecule has 0 spiro atoms. The van der Waals surface area contributed by atoms with Gasteiger partial charge in [0.05, 0.1) is 27.8 Å². The lowest BCUT2D eigenvalue weighted by Gasteiger charge is -2.19. The minimum absolute atomic E-state index is 0.890. The topological polar surface area (TPSA) is 23.0 Å². The van der Waals surface area contributed by atoms with Gasteiger partial charge in [0.25, 0.3) is 0 Å². The summed E-state index contributed by atoms with van der Waals surface area (Å²) in [4.78, 5) is 0. The molecule has 3 heteroatoms. The average molecular weight is 651 g/mol. The molecule has 0 unspecified atom stereocenters. The standard InChI is InChI=1S/C48H30N2O/c1-3-15-31(16-4-1)33-22-13-24-36(35-23-14-28-44-45(35)39-21-9-12-27-43(39)51-44)47(33)50-41-26-11-8-20-38(41)46-42(50)30-29-37-34-19-7-10-25-40(34)49(48(37)46)32-17-5-2-6-18-32/h1-30H. The van der Waals surface area contributed by atoms with Crippen LogP contribution < -0.4 is 0 Å². The second kappa shape index (κ2) is 10.8. The summed E-state index contributed by atoms with van der Waals surface area (Å²) in [5.74, 6) is 0. The number of para-hydroxylation sites is 5. The van der Waals surface area contributed by atoms with Crippen LogP contribution in [0.15, 0.2) is 186 Å². The monoisotopic (exact) mass is 650 g/mol. The highest BCUT2D eigenvalue weighted by atomic mass is 16.3. The number of fused-ring (bicyclic) bond motifs is 10. The number of hydrogen-bond acceptors (Lipinski definition) is 1. The molecule has 0 atom stereocenters. The third kappa shape index (κ3) is 4.00. The fourth-order valence-corrected chi connectivity index (χ4v) is 8.45. The van der Waals surface area contributed by atoms with Crippen molar-refractivity contribution in [3.05, 3.63) is 182 Å². The molecule has 3 heterocycles. The van der Waals surface area contributed by atoms with E-state index in [0.29, 0.717) is 0 Å². The van der Waals surface area contributed by atoms with Crippen LogP contribution in [0, 0.1) is 0 Å².